The average molecular weight is 328 g/mol. The van der Waals surface area contributed by atoms with Crippen molar-refractivity contribution >= 4 is 11.5 Å². The summed E-state index contributed by atoms with van der Waals surface area (Å²) >= 11 is 0. The first-order valence-electron chi connectivity index (χ1n) is 7.94. The molecule has 6 nitrogen and oxygen atoms in total. The quantitative estimate of drug-likeness (QED) is 0.864. The molecule has 2 aliphatic rings. The first-order valence-corrected chi connectivity index (χ1v) is 7.94. The number of amides is 1. The van der Waals surface area contributed by atoms with Crippen LogP contribution in [0.5, 0.6) is 0 Å². The molecule has 1 fully saturated rings. The summed E-state index contributed by atoms with van der Waals surface area (Å²) in [5.41, 5.74) is 2.29. The van der Waals surface area contributed by atoms with E-state index in [4.69, 9.17) is 4.74 Å². The maximum atomic E-state index is 13.0. The number of nitrogens with zero attached hydrogens (tertiary/aromatic N) is 4. The van der Waals surface area contributed by atoms with Gasteiger partial charge in [-0.3, -0.25) is 4.79 Å². The number of aromatic nitrogens is 3. The predicted molar refractivity (Wildman–Crippen MR) is 84.8 cm³/mol. The fraction of sp³-hybridized carbons (Fsp3) is 0.353. The topological polar surface area (TPSA) is 60.3 Å². The summed E-state index contributed by atoms with van der Waals surface area (Å²) in [7, 11) is 0. The average Bonchev–Trinajstić information content (AvgIpc) is 3.34. The van der Waals surface area contributed by atoms with Crippen molar-refractivity contribution in [2.75, 3.05) is 26.3 Å². The zero-order valence-electron chi connectivity index (χ0n) is 13.1. The maximum Gasteiger partial charge on any atom is 0.276 e. The third-order valence-electron chi connectivity index (χ3n) is 4.43. The van der Waals surface area contributed by atoms with Crippen molar-refractivity contribution < 1.29 is 13.9 Å². The predicted octanol–water partition coefficient (Wildman–Crippen LogP) is 1.92. The Hall–Kier alpha value is -2.54. The van der Waals surface area contributed by atoms with Crippen molar-refractivity contribution in [3.8, 4) is 0 Å². The van der Waals surface area contributed by atoms with Crippen molar-refractivity contribution in [1.29, 1.82) is 0 Å². The van der Waals surface area contributed by atoms with Gasteiger partial charge in [-0.1, -0.05) is 23.4 Å². The Bertz CT molecular complexity index is 778. The normalized spacial score (nSPS) is 20.5. The maximum absolute atomic E-state index is 13.0. The van der Waals surface area contributed by atoms with Crippen molar-refractivity contribution in [2.24, 2.45) is 0 Å². The van der Waals surface area contributed by atoms with E-state index < -0.39 is 0 Å². The monoisotopic (exact) mass is 328 g/mol. The highest BCUT2D eigenvalue weighted by atomic mass is 19.1. The fourth-order valence-electron chi connectivity index (χ4n) is 3.03. The van der Waals surface area contributed by atoms with Crippen LogP contribution in [0.1, 0.15) is 28.5 Å². The van der Waals surface area contributed by atoms with E-state index in [1.165, 1.54) is 12.1 Å². The van der Waals surface area contributed by atoms with Gasteiger partial charge >= 0.3 is 0 Å². The fourth-order valence-corrected chi connectivity index (χ4v) is 3.03. The molecule has 0 bridgehead atoms. The molecule has 24 heavy (non-hydrogen) atoms. The molecule has 0 spiro atoms. The van der Waals surface area contributed by atoms with Crippen LogP contribution < -0.4 is 0 Å². The van der Waals surface area contributed by atoms with Gasteiger partial charge in [-0.2, -0.15) is 0 Å². The van der Waals surface area contributed by atoms with E-state index in [1.807, 2.05) is 6.08 Å². The Kier molecular flexibility index (Phi) is 3.86. The second-order valence-electron chi connectivity index (χ2n) is 6.02. The molecule has 2 aromatic rings. The van der Waals surface area contributed by atoms with Crippen LogP contribution >= 0.6 is 0 Å². The van der Waals surface area contributed by atoms with Gasteiger partial charge in [0.15, 0.2) is 5.69 Å². The molecular formula is C17H17FN4O2. The van der Waals surface area contributed by atoms with Gasteiger partial charge in [-0.05, 0) is 29.7 Å². The molecule has 1 saturated heterocycles. The van der Waals surface area contributed by atoms with E-state index in [1.54, 1.807) is 27.9 Å². The highest BCUT2D eigenvalue weighted by molar-refractivity contribution is 5.94. The molecule has 0 N–H and O–H groups in total. The lowest BCUT2D eigenvalue weighted by atomic mass is 10.1. The van der Waals surface area contributed by atoms with Gasteiger partial charge in [-0.15, -0.1) is 5.10 Å². The molecule has 4 rings (SSSR count). The van der Waals surface area contributed by atoms with E-state index >= 15 is 0 Å². The van der Waals surface area contributed by atoms with E-state index in [9.17, 15) is 9.18 Å². The molecule has 124 valence electrons. The summed E-state index contributed by atoms with van der Waals surface area (Å²) in [6.45, 7) is 2.33. The minimum absolute atomic E-state index is 0.145. The number of benzene rings is 1. The number of carbonyl (C=O) groups is 1. The van der Waals surface area contributed by atoms with Gasteiger partial charge in [0, 0.05) is 19.7 Å². The smallest absolute Gasteiger partial charge is 0.276 e. The largest absolute Gasteiger partial charge is 0.379 e. The molecule has 0 saturated carbocycles. The zero-order chi connectivity index (χ0) is 16.5. The van der Waals surface area contributed by atoms with Crippen molar-refractivity contribution in [3.05, 3.63) is 53.6 Å². The van der Waals surface area contributed by atoms with Crippen LogP contribution in [-0.2, 0) is 4.74 Å². The summed E-state index contributed by atoms with van der Waals surface area (Å²) in [5, 5.41) is 8.07. The minimum Gasteiger partial charge on any atom is -0.379 e. The summed E-state index contributed by atoms with van der Waals surface area (Å²) in [4.78, 5) is 14.3. The van der Waals surface area contributed by atoms with Gasteiger partial charge in [0.2, 0.25) is 0 Å². The molecule has 2 aliphatic heterocycles. The van der Waals surface area contributed by atoms with Crippen LogP contribution in [0.4, 0.5) is 4.39 Å². The molecule has 7 heteroatoms. The second kappa shape index (κ2) is 6.16. The molecular weight excluding hydrogens is 311 g/mol. The lowest BCUT2D eigenvalue weighted by Gasteiger charge is -2.14. The zero-order valence-corrected chi connectivity index (χ0v) is 13.1. The molecule has 3 heterocycles. The highest BCUT2D eigenvalue weighted by Crippen LogP contribution is 2.23. The Labute approximate surface area is 138 Å². The molecule has 0 aliphatic carbocycles. The lowest BCUT2D eigenvalue weighted by molar-refractivity contribution is 0.0795. The van der Waals surface area contributed by atoms with Crippen LogP contribution in [-0.4, -0.2) is 52.1 Å². The first kappa shape index (κ1) is 15.0. The van der Waals surface area contributed by atoms with Gasteiger partial charge in [0.25, 0.3) is 5.91 Å². The molecule has 1 atom stereocenters. The van der Waals surface area contributed by atoms with Crippen molar-refractivity contribution in [3.63, 3.8) is 0 Å². The highest BCUT2D eigenvalue weighted by Gasteiger charge is 2.26. The number of ether oxygens (including phenoxy) is 1. The molecule has 1 aromatic heterocycles. The van der Waals surface area contributed by atoms with Crippen LogP contribution in [0, 0.1) is 5.82 Å². The number of rotatable bonds is 3. The lowest BCUT2D eigenvalue weighted by Crippen LogP contribution is -2.29. The summed E-state index contributed by atoms with van der Waals surface area (Å²) in [5.74, 6) is -0.411. The van der Waals surface area contributed by atoms with Crippen LogP contribution in [0.3, 0.4) is 0 Å². The third kappa shape index (κ3) is 2.82. The SMILES string of the molecule is O=C(c1cn(C2CCOC2)nn1)N1CC=C(c2ccc(F)cc2)C1. The van der Waals surface area contributed by atoms with E-state index in [0.717, 1.165) is 17.6 Å². The second-order valence-corrected chi connectivity index (χ2v) is 6.02. The van der Waals surface area contributed by atoms with Gasteiger partial charge in [0.1, 0.15) is 5.82 Å². The number of hydrogen-bond donors (Lipinski definition) is 0. The van der Waals surface area contributed by atoms with Crippen LogP contribution in [0.2, 0.25) is 0 Å². The van der Waals surface area contributed by atoms with E-state index in [-0.39, 0.29) is 17.8 Å². The van der Waals surface area contributed by atoms with Crippen molar-refractivity contribution in [2.45, 2.75) is 12.5 Å². The number of halogens is 1. The third-order valence-corrected chi connectivity index (χ3v) is 4.43. The number of carbonyl (C=O) groups excluding carboxylic acids is 1. The van der Waals surface area contributed by atoms with Crippen LogP contribution in [0.25, 0.3) is 5.57 Å². The molecule has 0 radical (unpaired) electrons. The van der Waals surface area contributed by atoms with Gasteiger partial charge in [-0.25, -0.2) is 9.07 Å². The van der Waals surface area contributed by atoms with Gasteiger partial charge < -0.3 is 9.64 Å². The standard InChI is InChI=1S/C17H17FN4O2/c18-14-3-1-12(2-4-14)13-5-7-21(9-13)17(23)16-10-22(20-19-16)15-6-8-24-11-15/h1-5,10,15H,6-9,11H2. The Morgan fingerprint density at radius 2 is 2.12 bits per heavy atom. The van der Waals surface area contributed by atoms with Crippen molar-refractivity contribution in [1.82, 2.24) is 19.9 Å². The van der Waals surface area contributed by atoms with Crippen LogP contribution in [0.15, 0.2) is 36.5 Å². The summed E-state index contributed by atoms with van der Waals surface area (Å²) < 4.78 is 20.1. The van der Waals surface area contributed by atoms with E-state index in [2.05, 4.69) is 10.3 Å². The Balaban J connectivity index is 1.44. The minimum atomic E-state index is -0.266. The molecule has 1 aromatic carbocycles. The molecule has 1 amide bonds. The molecule has 1 unspecified atom stereocenters. The Morgan fingerprint density at radius 3 is 2.88 bits per heavy atom. The number of hydrogen-bond acceptors (Lipinski definition) is 4. The Morgan fingerprint density at radius 1 is 1.29 bits per heavy atom. The summed E-state index contributed by atoms with van der Waals surface area (Å²) in [6, 6.07) is 6.47. The summed E-state index contributed by atoms with van der Waals surface area (Å²) in [6.07, 6.45) is 4.56. The van der Waals surface area contributed by atoms with Gasteiger partial charge in [0.05, 0.1) is 18.8 Å². The van der Waals surface area contributed by atoms with E-state index in [0.29, 0.717) is 32.0 Å². The first-order chi connectivity index (χ1) is 11.7.